The number of carbonyl (C=O) groups excluding carboxylic acids is 1. The Kier molecular flexibility index (Phi) is 2.06. The van der Waals surface area contributed by atoms with Gasteiger partial charge in [0, 0.05) is 23.1 Å². The number of rotatable bonds is 3. The molecule has 0 radical (unpaired) electrons. The fourth-order valence-electron chi connectivity index (χ4n) is 1.83. The van der Waals surface area contributed by atoms with Crippen LogP contribution in [0.3, 0.4) is 0 Å². The minimum Gasteiger partial charge on any atom is -0.294 e. The number of hydrogen-bond donors (Lipinski definition) is 0. The molecule has 1 aromatic heterocycles. The smallest absolute Gasteiger partial charge is 0.166 e. The molecule has 0 saturated heterocycles. The third-order valence-electron chi connectivity index (χ3n) is 3.04. The lowest BCUT2D eigenvalue weighted by molar-refractivity contribution is 0.0967. The van der Waals surface area contributed by atoms with Crippen molar-refractivity contribution in [2.24, 2.45) is 5.92 Å². The predicted octanol–water partition coefficient (Wildman–Crippen LogP) is 3.21. The first kappa shape index (κ1) is 9.34. The van der Waals surface area contributed by atoms with E-state index in [1.54, 1.807) is 6.07 Å². The fraction of sp³-hybridized carbons (Fsp3) is 0.500. The average Bonchev–Trinajstić information content (AvgIpc) is 3.04. The molecule has 0 amide bonds. The van der Waals surface area contributed by atoms with Crippen molar-refractivity contribution >= 4 is 17.4 Å². The van der Waals surface area contributed by atoms with Crippen LogP contribution in [0.25, 0.3) is 0 Å². The summed E-state index contributed by atoms with van der Waals surface area (Å²) in [4.78, 5) is 16.1. The fourth-order valence-corrected chi connectivity index (χ4v) is 2.04. The number of Topliss-reactive ketones (excluding diaryl/α,β-unsaturated/α-hetero) is 1. The van der Waals surface area contributed by atoms with Gasteiger partial charge in [0.05, 0.1) is 0 Å². The van der Waals surface area contributed by atoms with E-state index in [2.05, 4.69) is 4.98 Å². The first-order valence-electron chi connectivity index (χ1n) is 5.46. The van der Waals surface area contributed by atoms with E-state index in [0.717, 1.165) is 24.1 Å². The summed E-state index contributed by atoms with van der Waals surface area (Å²) in [7, 11) is 0. The number of pyridine rings is 1. The summed E-state index contributed by atoms with van der Waals surface area (Å²) >= 11 is 5.93. The van der Waals surface area contributed by atoms with Crippen LogP contribution < -0.4 is 0 Å². The van der Waals surface area contributed by atoms with Crippen LogP contribution in [-0.4, -0.2) is 10.8 Å². The molecule has 2 aliphatic rings. The molecule has 0 N–H and O–H groups in total. The molecule has 2 nitrogen and oxygen atoms in total. The van der Waals surface area contributed by atoms with Gasteiger partial charge in [0.2, 0.25) is 0 Å². The van der Waals surface area contributed by atoms with Crippen LogP contribution in [0.5, 0.6) is 0 Å². The summed E-state index contributed by atoms with van der Waals surface area (Å²) in [6.45, 7) is 0. The number of carbonyl (C=O) groups is 1. The average molecular weight is 222 g/mol. The zero-order valence-electron chi connectivity index (χ0n) is 8.37. The Bertz CT molecular complexity index is 422. The number of halogens is 1. The molecule has 0 unspecified atom stereocenters. The van der Waals surface area contributed by atoms with E-state index >= 15 is 0 Å². The Hall–Kier alpha value is -0.890. The summed E-state index contributed by atoms with van der Waals surface area (Å²) in [6.07, 6.45) is 4.45. The molecule has 15 heavy (non-hydrogen) atoms. The molecular weight excluding hydrogens is 210 g/mol. The highest BCUT2D eigenvalue weighted by atomic mass is 35.5. The van der Waals surface area contributed by atoms with Gasteiger partial charge >= 0.3 is 0 Å². The Labute approximate surface area is 93.7 Å². The van der Waals surface area contributed by atoms with Gasteiger partial charge in [-0.25, -0.2) is 4.98 Å². The van der Waals surface area contributed by atoms with Crippen LogP contribution in [0.1, 0.15) is 47.7 Å². The molecule has 0 spiro atoms. The highest BCUT2D eigenvalue weighted by molar-refractivity contribution is 6.29. The van der Waals surface area contributed by atoms with Gasteiger partial charge in [-0.3, -0.25) is 4.79 Å². The molecule has 0 bridgehead atoms. The van der Waals surface area contributed by atoms with E-state index < -0.39 is 0 Å². The largest absolute Gasteiger partial charge is 0.294 e. The van der Waals surface area contributed by atoms with Gasteiger partial charge in [-0.2, -0.15) is 0 Å². The zero-order valence-corrected chi connectivity index (χ0v) is 9.13. The third-order valence-corrected chi connectivity index (χ3v) is 3.24. The summed E-state index contributed by atoms with van der Waals surface area (Å²) in [5, 5.41) is 0.461. The molecule has 2 saturated carbocycles. The summed E-state index contributed by atoms with van der Waals surface area (Å²) in [5.41, 5.74) is 1.77. The molecule has 2 fully saturated rings. The van der Waals surface area contributed by atoms with E-state index in [1.165, 1.54) is 12.8 Å². The quantitative estimate of drug-likeness (QED) is 0.580. The van der Waals surface area contributed by atoms with E-state index in [0.29, 0.717) is 11.1 Å². The van der Waals surface area contributed by atoms with Crippen LogP contribution in [0, 0.1) is 5.92 Å². The summed E-state index contributed by atoms with van der Waals surface area (Å²) in [6, 6.07) is 3.64. The summed E-state index contributed by atoms with van der Waals surface area (Å²) < 4.78 is 0. The van der Waals surface area contributed by atoms with Gasteiger partial charge in [0.25, 0.3) is 0 Å². The van der Waals surface area contributed by atoms with Crippen LogP contribution in [-0.2, 0) is 0 Å². The molecule has 3 heteroatoms. The van der Waals surface area contributed by atoms with Crippen molar-refractivity contribution in [3.05, 3.63) is 28.5 Å². The highest BCUT2D eigenvalue weighted by Crippen LogP contribution is 2.40. The van der Waals surface area contributed by atoms with E-state index in [1.807, 2.05) is 6.07 Å². The molecule has 1 aromatic rings. The van der Waals surface area contributed by atoms with Gasteiger partial charge in [0.15, 0.2) is 5.78 Å². The Morgan fingerprint density at radius 3 is 2.60 bits per heavy atom. The molecule has 1 heterocycles. The monoisotopic (exact) mass is 221 g/mol. The van der Waals surface area contributed by atoms with Crippen LogP contribution in [0.15, 0.2) is 12.1 Å². The predicted molar refractivity (Wildman–Crippen MR) is 58.3 cm³/mol. The minimum absolute atomic E-state index is 0.251. The second-order valence-electron chi connectivity index (χ2n) is 4.52. The van der Waals surface area contributed by atoms with Crippen molar-refractivity contribution in [2.45, 2.75) is 31.6 Å². The van der Waals surface area contributed by atoms with Gasteiger partial charge in [0.1, 0.15) is 5.15 Å². The van der Waals surface area contributed by atoms with Crippen LogP contribution in [0.2, 0.25) is 5.15 Å². The van der Waals surface area contributed by atoms with Gasteiger partial charge in [-0.15, -0.1) is 0 Å². The lowest BCUT2D eigenvalue weighted by Crippen LogP contribution is -2.03. The second-order valence-corrected chi connectivity index (χ2v) is 4.90. The topological polar surface area (TPSA) is 30.0 Å². The van der Waals surface area contributed by atoms with Gasteiger partial charge in [-0.1, -0.05) is 11.6 Å². The van der Waals surface area contributed by atoms with E-state index in [-0.39, 0.29) is 11.7 Å². The third kappa shape index (κ3) is 1.91. The van der Waals surface area contributed by atoms with Crippen molar-refractivity contribution in [2.75, 3.05) is 0 Å². The van der Waals surface area contributed by atoms with Gasteiger partial charge in [-0.05, 0) is 37.8 Å². The second kappa shape index (κ2) is 3.31. The minimum atomic E-state index is 0.251. The maximum absolute atomic E-state index is 11.9. The lowest BCUT2D eigenvalue weighted by atomic mass is 10.1. The van der Waals surface area contributed by atoms with Crippen molar-refractivity contribution in [1.29, 1.82) is 0 Å². The Morgan fingerprint density at radius 1 is 1.27 bits per heavy atom. The Balaban J connectivity index is 1.95. The highest BCUT2D eigenvalue weighted by Gasteiger charge is 2.32. The van der Waals surface area contributed by atoms with E-state index in [4.69, 9.17) is 11.6 Å². The Morgan fingerprint density at radius 2 is 2.00 bits per heavy atom. The molecule has 0 atom stereocenters. The number of nitrogens with zero attached hydrogens (tertiary/aromatic N) is 1. The van der Waals surface area contributed by atoms with Crippen LogP contribution >= 0.6 is 11.6 Å². The lowest BCUT2D eigenvalue weighted by Gasteiger charge is -2.03. The SMILES string of the molecule is O=C(c1cc(Cl)nc(C2CC2)c1)C1CC1. The maximum Gasteiger partial charge on any atom is 0.166 e. The molecule has 0 aliphatic heterocycles. The maximum atomic E-state index is 11.9. The molecular formula is C12H12ClNO. The number of aromatic nitrogens is 1. The molecule has 78 valence electrons. The van der Waals surface area contributed by atoms with Crippen molar-refractivity contribution < 1.29 is 4.79 Å². The standard InChI is InChI=1S/C12H12ClNO/c13-11-6-9(12(15)8-3-4-8)5-10(14-11)7-1-2-7/h5-8H,1-4H2. The number of ketones is 1. The summed E-state index contributed by atoms with van der Waals surface area (Å²) in [5.74, 6) is 1.06. The molecule has 2 aliphatic carbocycles. The van der Waals surface area contributed by atoms with Gasteiger partial charge < -0.3 is 0 Å². The molecule has 0 aromatic carbocycles. The van der Waals surface area contributed by atoms with Crippen molar-refractivity contribution in [3.63, 3.8) is 0 Å². The normalized spacial score (nSPS) is 20.3. The van der Waals surface area contributed by atoms with E-state index in [9.17, 15) is 4.79 Å². The van der Waals surface area contributed by atoms with Crippen molar-refractivity contribution in [3.8, 4) is 0 Å². The van der Waals surface area contributed by atoms with Crippen LogP contribution in [0.4, 0.5) is 0 Å². The zero-order chi connectivity index (χ0) is 10.4. The number of hydrogen-bond acceptors (Lipinski definition) is 2. The van der Waals surface area contributed by atoms with Crippen molar-refractivity contribution in [1.82, 2.24) is 4.98 Å². The first-order valence-corrected chi connectivity index (χ1v) is 5.83. The molecule has 3 rings (SSSR count). The first-order chi connectivity index (χ1) is 7.24.